The molecule has 0 spiro atoms. The zero-order valence-corrected chi connectivity index (χ0v) is 17.8. The highest BCUT2D eigenvalue weighted by molar-refractivity contribution is 6.19. The van der Waals surface area contributed by atoms with E-state index >= 15 is 0 Å². The molecule has 174 valence electrons. The van der Waals surface area contributed by atoms with Crippen LogP contribution in [0.25, 0.3) is 16.5 Å². The summed E-state index contributed by atoms with van der Waals surface area (Å²) < 4.78 is 78.9. The maximum absolute atomic E-state index is 14.2. The first-order valence-electron chi connectivity index (χ1n) is 12.9. The van der Waals surface area contributed by atoms with Crippen molar-refractivity contribution in [3.8, 4) is 11.5 Å². The maximum Gasteiger partial charge on any atom is 0.340 e. The number of fused-ring (bicyclic) bond motifs is 1. The minimum atomic E-state index is -3.05. The minimum Gasteiger partial charge on any atom is -0.493 e. The van der Waals surface area contributed by atoms with Crippen LogP contribution < -0.4 is 14.8 Å². The van der Waals surface area contributed by atoms with Crippen LogP contribution in [-0.2, 0) is 14.3 Å². The van der Waals surface area contributed by atoms with E-state index < -0.39 is 43.3 Å². The number of benzene rings is 2. The van der Waals surface area contributed by atoms with Crippen LogP contribution in [0.5, 0.6) is 11.5 Å². The third kappa shape index (κ3) is 5.08. The van der Waals surface area contributed by atoms with Gasteiger partial charge in [0.25, 0.3) is 0 Å². The van der Waals surface area contributed by atoms with Crippen molar-refractivity contribution in [1.82, 2.24) is 4.98 Å². The smallest absolute Gasteiger partial charge is 0.340 e. The van der Waals surface area contributed by atoms with Gasteiger partial charge in [-0.1, -0.05) is 0 Å². The highest BCUT2D eigenvalue weighted by Gasteiger charge is 2.25. The summed E-state index contributed by atoms with van der Waals surface area (Å²) in [5.41, 5.74) is -0.148. The first-order valence-corrected chi connectivity index (χ1v) is 9.86. The molecular formula is C24H25FN2O6. The Morgan fingerprint density at radius 3 is 2.42 bits per heavy atom. The van der Waals surface area contributed by atoms with Gasteiger partial charge in [-0.15, -0.1) is 0 Å². The van der Waals surface area contributed by atoms with Crippen LogP contribution in [0.3, 0.4) is 0 Å². The highest BCUT2D eigenvalue weighted by Crippen LogP contribution is 2.35. The van der Waals surface area contributed by atoms with Crippen LogP contribution in [0.4, 0.5) is 10.1 Å². The molecule has 0 bridgehead atoms. The number of hydrogen-bond acceptors (Lipinski definition) is 7. The van der Waals surface area contributed by atoms with Gasteiger partial charge in [0, 0.05) is 23.3 Å². The maximum atomic E-state index is 14.2. The molecule has 2 aromatic carbocycles. The quantitative estimate of drug-likeness (QED) is 0.356. The predicted molar refractivity (Wildman–Crippen MR) is 122 cm³/mol. The van der Waals surface area contributed by atoms with Crippen molar-refractivity contribution in [2.45, 2.75) is 13.8 Å². The molecule has 9 heteroatoms. The van der Waals surface area contributed by atoms with Crippen LogP contribution in [0.15, 0.2) is 42.7 Å². The van der Waals surface area contributed by atoms with Crippen molar-refractivity contribution in [3.63, 3.8) is 0 Å². The number of carbonyl (C=O) groups excluding carboxylic acids is 2. The summed E-state index contributed by atoms with van der Waals surface area (Å²) in [4.78, 5) is 28.8. The van der Waals surface area contributed by atoms with Gasteiger partial charge in [0.15, 0.2) is 11.5 Å². The Bertz CT molecular complexity index is 1400. The van der Waals surface area contributed by atoms with Crippen molar-refractivity contribution in [2.24, 2.45) is 0 Å². The lowest BCUT2D eigenvalue weighted by Gasteiger charge is -2.16. The fourth-order valence-corrected chi connectivity index (χ4v) is 3.18. The average molecular weight is 463 g/mol. The van der Waals surface area contributed by atoms with Crippen LogP contribution in [0.2, 0.25) is 0 Å². The Kier molecular flexibility index (Phi) is 5.30. The number of aromatic nitrogens is 1. The molecule has 0 atom stereocenters. The lowest BCUT2D eigenvalue weighted by Crippen LogP contribution is -2.14. The first-order chi connectivity index (χ1) is 18.2. The predicted octanol–water partition coefficient (Wildman–Crippen LogP) is 4.52. The van der Waals surface area contributed by atoms with E-state index in [2.05, 4.69) is 10.3 Å². The van der Waals surface area contributed by atoms with E-state index in [1.54, 1.807) is 19.2 Å². The third-order valence-electron chi connectivity index (χ3n) is 4.59. The molecule has 0 fully saturated rings. The van der Waals surface area contributed by atoms with E-state index in [0.29, 0.717) is 10.9 Å². The van der Waals surface area contributed by atoms with E-state index in [1.807, 2.05) is 0 Å². The normalized spacial score (nSPS) is 14.7. The van der Waals surface area contributed by atoms with Gasteiger partial charge >= 0.3 is 11.9 Å². The number of halogens is 1. The van der Waals surface area contributed by atoms with Crippen molar-refractivity contribution in [3.05, 3.63) is 59.7 Å². The molecule has 2 N–H and O–H groups in total. The van der Waals surface area contributed by atoms with Gasteiger partial charge in [-0.25, -0.2) is 14.0 Å². The van der Waals surface area contributed by atoms with Crippen molar-refractivity contribution >= 4 is 34.1 Å². The highest BCUT2D eigenvalue weighted by atomic mass is 19.1. The summed E-state index contributed by atoms with van der Waals surface area (Å²) in [5.74, 6) is -3.69. The van der Waals surface area contributed by atoms with Gasteiger partial charge < -0.3 is 29.2 Å². The van der Waals surface area contributed by atoms with Gasteiger partial charge in [-0.2, -0.15) is 0 Å². The number of rotatable bonds is 9. The Hall–Kier alpha value is -4.01. The summed E-state index contributed by atoms with van der Waals surface area (Å²) in [6.45, 7) is 2.93. The molecule has 1 aromatic heterocycles. The van der Waals surface area contributed by atoms with E-state index in [-0.39, 0.29) is 35.6 Å². The number of anilines is 1. The van der Waals surface area contributed by atoms with Gasteiger partial charge in [0.2, 0.25) is 0 Å². The third-order valence-corrected chi connectivity index (χ3v) is 4.59. The number of carbonyl (C=O) groups is 2. The number of methoxy groups -OCH3 is 2. The van der Waals surface area contributed by atoms with Crippen LogP contribution >= 0.6 is 0 Å². The molecule has 33 heavy (non-hydrogen) atoms. The molecule has 0 radical (unpaired) electrons. The van der Waals surface area contributed by atoms with Crippen molar-refractivity contribution in [2.75, 3.05) is 32.6 Å². The molecule has 8 nitrogen and oxygen atoms in total. The van der Waals surface area contributed by atoms with E-state index in [9.17, 15) is 14.0 Å². The fourth-order valence-electron chi connectivity index (χ4n) is 3.18. The molecule has 3 aromatic rings. The monoisotopic (exact) mass is 462 g/mol. The lowest BCUT2D eigenvalue weighted by atomic mass is 9.99. The number of hydrogen-bond donors (Lipinski definition) is 2. The van der Waals surface area contributed by atoms with Crippen molar-refractivity contribution in [1.29, 1.82) is 0 Å². The van der Waals surface area contributed by atoms with Gasteiger partial charge in [0.05, 0.1) is 57.9 Å². The molecule has 0 aliphatic carbocycles. The first kappa shape index (κ1) is 16.6. The van der Waals surface area contributed by atoms with E-state index in [1.165, 1.54) is 19.1 Å². The molecule has 0 saturated heterocycles. The second kappa shape index (κ2) is 10.5. The summed E-state index contributed by atoms with van der Waals surface area (Å²) >= 11 is 0. The number of ether oxygens (including phenoxy) is 4. The van der Waals surface area contributed by atoms with Crippen molar-refractivity contribution < 1.29 is 41.2 Å². The Morgan fingerprint density at radius 2 is 1.76 bits per heavy atom. The lowest BCUT2D eigenvalue weighted by molar-refractivity contribution is -0.136. The molecule has 1 heterocycles. The fraction of sp³-hybridized carbons (Fsp3) is 0.250. The number of nitrogens with one attached hydrogen (secondary N) is 2. The Labute approximate surface area is 198 Å². The number of H-pyrrole nitrogens is 1. The second-order valence-electron chi connectivity index (χ2n) is 6.58. The van der Waals surface area contributed by atoms with Crippen LogP contribution in [0.1, 0.15) is 38.0 Å². The topological polar surface area (TPSA) is 98.9 Å². The molecule has 0 aliphatic rings. The SMILES string of the molecule is [2H]C([2H])([2H])Oc1cc(C(=O)OCC)c(C(=CNc2cc(F)cc3[nH]ccc23)C(=O)OCC)cc1OC([2H])([2H])[2H]. The van der Waals surface area contributed by atoms with Gasteiger partial charge in [-0.3, -0.25) is 0 Å². The Morgan fingerprint density at radius 1 is 1.06 bits per heavy atom. The van der Waals surface area contributed by atoms with E-state index in [0.717, 1.165) is 18.3 Å². The summed E-state index contributed by atoms with van der Waals surface area (Å²) in [7, 11) is -6.09. The summed E-state index contributed by atoms with van der Waals surface area (Å²) in [6, 6.07) is 5.99. The molecular weight excluding hydrogens is 431 g/mol. The summed E-state index contributed by atoms with van der Waals surface area (Å²) in [6.07, 6.45) is 2.73. The minimum absolute atomic E-state index is 0.0637. The zero-order chi connectivity index (χ0) is 29.0. The van der Waals surface area contributed by atoms with Crippen LogP contribution in [0, 0.1) is 5.82 Å². The standard InChI is InChI=1S/C24H25FN2O6/c1-5-32-23(28)17-12-22(31-4)21(30-3)11-16(17)18(24(29)33-6-2)13-27-20-10-14(25)9-19-15(20)7-8-26-19/h7-13,26-27H,5-6H2,1-4H3/i3D3,4D3. The number of esters is 2. The van der Waals surface area contributed by atoms with Gasteiger partial charge in [-0.05, 0) is 44.2 Å². The second-order valence-corrected chi connectivity index (χ2v) is 6.58. The van der Waals surface area contributed by atoms with E-state index in [4.69, 9.17) is 27.2 Å². The molecule has 0 saturated carbocycles. The molecule has 0 aliphatic heterocycles. The molecule has 0 amide bonds. The van der Waals surface area contributed by atoms with Gasteiger partial charge in [0.1, 0.15) is 5.82 Å². The largest absolute Gasteiger partial charge is 0.493 e. The molecule has 3 rings (SSSR count). The summed E-state index contributed by atoms with van der Waals surface area (Å²) in [5, 5.41) is 3.40. The average Bonchev–Trinajstić information content (AvgIpc) is 3.27. The Balaban J connectivity index is 2.27. The van der Waals surface area contributed by atoms with Crippen LogP contribution in [-0.4, -0.2) is 44.2 Å². The molecule has 0 unspecified atom stereocenters. The zero-order valence-electron chi connectivity index (χ0n) is 23.8. The number of aromatic amines is 1.